The van der Waals surface area contributed by atoms with Gasteiger partial charge in [-0.2, -0.15) is 0 Å². The standard InChI is InChI=1S/C14H16O4S2/c1-2-16-13(15)11-9(14-19-6-3-7-20-14)4-5-10-12(11)18-8-17-10/h4-5,14H,2-3,6-8H2,1H3. The molecule has 20 heavy (non-hydrogen) atoms. The van der Waals surface area contributed by atoms with Crippen LogP contribution in [0.15, 0.2) is 12.1 Å². The molecule has 0 aromatic heterocycles. The molecular weight excluding hydrogens is 296 g/mol. The summed E-state index contributed by atoms with van der Waals surface area (Å²) in [5.41, 5.74) is 1.52. The van der Waals surface area contributed by atoms with E-state index in [9.17, 15) is 4.79 Å². The predicted octanol–water partition coefficient (Wildman–Crippen LogP) is 3.46. The zero-order chi connectivity index (χ0) is 13.9. The molecule has 1 fully saturated rings. The highest BCUT2D eigenvalue weighted by molar-refractivity contribution is 8.16. The smallest absolute Gasteiger partial charge is 0.342 e. The van der Waals surface area contributed by atoms with Crippen molar-refractivity contribution < 1.29 is 19.0 Å². The van der Waals surface area contributed by atoms with Crippen molar-refractivity contribution in [1.82, 2.24) is 0 Å². The molecule has 6 heteroatoms. The summed E-state index contributed by atoms with van der Waals surface area (Å²) in [6.45, 7) is 2.33. The average molecular weight is 312 g/mol. The van der Waals surface area contributed by atoms with Crippen LogP contribution in [0.25, 0.3) is 0 Å². The van der Waals surface area contributed by atoms with Crippen LogP contribution >= 0.6 is 23.5 Å². The fourth-order valence-corrected chi connectivity index (χ4v) is 5.21. The minimum Gasteiger partial charge on any atom is -0.462 e. The van der Waals surface area contributed by atoms with Gasteiger partial charge in [-0.15, -0.1) is 23.5 Å². The topological polar surface area (TPSA) is 44.8 Å². The van der Waals surface area contributed by atoms with Crippen molar-refractivity contribution in [2.75, 3.05) is 24.9 Å². The third kappa shape index (κ3) is 2.59. The van der Waals surface area contributed by atoms with E-state index < -0.39 is 0 Å². The highest BCUT2D eigenvalue weighted by atomic mass is 32.2. The summed E-state index contributed by atoms with van der Waals surface area (Å²) < 4.78 is 16.3. The second kappa shape index (κ2) is 6.18. The maximum atomic E-state index is 12.3. The molecule has 0 amide bonds. The van der Waals surface area contributed by atoms with Crippen molar-refractivity contribution in [1.29, 1.82) is 0 Å². The summed E-state index contributed by atoms with van der Waals surface area (Å²) in [5, 5.41) is 0. The number of esters is 1. The van der Waals surface area contributed by atoms with E-state index in [-0.39, 0.29) is 17.3 Å². The van der Waals surface area contributed by atoms with Crippen LogP contribution in [0.3, 0.4) is 0 Å². The molecular formula is C14H16O4S2. The normalized spacial score (nSPS) is 18.1. The van der Waals surface area contributed by atoms with Gasteiger partial charge >= 0.3 is 5.97 Å². The number of thioether (sulfide) groups is 2. The predicted molar refractivity (Wildman–Crippen MR) is 80.8 cm³/mol. The van der Waals surface area contributed by atoms with E-state index in [0.29, 0.717) is 23.7 Å². The first-order valence-corrected chi connectivity index (χ1v) is 8.74. The van der Waals surface area contributed by atoms with Gasteiger partial charge in [-0.05, 0) is 36.5 Å². The highest BCUT2D eigenvalue weighted by Gasteiger charge is 2.31. The van der Waals surface area contributed by atoms with Crippen LogP contribution in [0.1, 0.15) is 33.8 Å². The summed E-state index contributed by atoms with van der Waals surface area (Å²) in [6.07, 6.45) is 1.21. The second-order valence-electron chi connectivity index (χ2n) is 4.41. The molecule has 2 aliphatic heterocycles. The summed E-state index contributed by atoms with van der Waals surface area (Å²) in [5.74, 6) is 3.08. The molecule has 0 radical (unpaired) electrons. The summed E-state index contributed by atoms with van der Waals surface area (Å²) in [6, 6.07) is 3.85. The Morgan fingerprint density at radius 3 is 2.90 bits per heavy atom. The van der Waals surface area contributed by atoms with Crippen LogP contribution in [0.5, 0.6) is 11.5 Å². The van der Waals surface area contributed by atoms with Gasteiger partial charge in [-0.3, -0.25) is 0 Å². The third-order valence-electron chi connectivity index (χ3n) is 3.13. The van der Waals surface area contributed by atoms with Gasteiger partial charge in [0.2, 0.25) is 6.79 Å². The van der Waals surface area contributed by atoms with E-state index in [2.05, 4.69) is 0 Å². The molecule has 108 valence electrons. The summed E-state index contributed by atoms with van der Waals surface area (Å²) >= 11 is 3.74. The Morgan fingerprint density at radius 1 is 1.35 bits per heavy atom. The fraction of sp³-hybridized carbons (Fsp3) is 0.500. The van der Waals surface area contributed by atoms with Gasteiger partial charge in [0.25, 0.3) is 0 Å². The highest BCUT2D eigenvalue weighted by Crippen LogP contribution is 2.49. The molecule has 1 aromatic rings. The number of ether oxygens (including phenoxy) is 3. The number of benzene rings is 1. The molecule has 0 spiro atoms. The Hall–Kier alpha value is -1.01. The molecule has 0 bridgehead atoms. The van der Waals surface area contributed by atoms with E-state index >= 15 is 0 Å². The number of fused-ring (bicyclic) bond motifs is 1. The average Bonchev–Trinajstić information content (AvgIpc) is 2.95. The molecule has 0 unspecified atom stereocenters. The Morgan fingerprint density at radius 2 is 2.15 bits per heavy atom. The van der Waals surface area contributed by atoms with Gasteiger partial charge < -0.3 is 14.2 Å². The zero-order valence-electron chi connectivity index (χ0n) is 11.2. The zero-order valence-corrected chi connectivity index (χ0v) is 12.9. The van der Waals surface area contributed by atoms with Gasteiger partial charge in [0.05, 0.1) is 11.2 Å². The first kappa shape index (κ1) is 13.9. The van der Waals surface area contributed by atoms with E-state index in [1.807, 2.05) is 42.6 Å². The van der Waals surface area contributed by atoms with Crippen molar-refractivity contribution in [2.45, 2.75) is 17.9 Å². The Labute approximate surface area is 126 Å². The molecule has 4 nitrogen and oxygen atoms in total. The van der Waals surface area contributed by atoms with Gasteiger partial charge in [-0.25, -0.2) is 4.79 Å². The lowest BCUT2D eigenvalue weighted by molar-refractivity contribution is 0.0520. The molecule has 2 heterocycles. The Balaban J connectivity index is 2.01. The molecule has 0 atom stereocenters. The van der Waals surface area contributed by atoms with E-state index in [4.69, 9.17) is 14.2 Å². The molecule has 0 aliphatic carbocycles. The maximum absolute atomic E-state index is 12.3. The molecule has 0 N–H and O–H groups in total. The van der Waals surface area contributed by atoms with Gasteiger partial charge in [-0.1, -0.05) is 6.07 Å². The minimum atomic E-state index is -0.323. The van der Waals surface area contributed by atoms with Gasteiger partial charge in [0.15, 0.2) is 11.5 Å². The monoisotopic (exact) mass is 312 g/mol. The Kier molecular flexibility index (Phi) is 4.31. The summed E-state index contributed by atoms with van der Waals surface area (Å²) in [4.78, 5) is 12.3. The molecule has 0 saturated carbocycles. The van der Waals surface area contributed by atoms with Crippen LogP contribution in [0, 0.1) is 0 Å². The van der Waals surface area contributed by atoms with Crippen LogP contribution in [-0.4, -0.2) is 30.9 Å². The maximum Gasteiger partial charge on any atom is 0.342 e. The van der Waals surface area contributed by atoms with Crippen molar-refractivity contribution in [3.8, 4) is 11.5 Å². The number of carbonyl (C=O) groups is 1. The van der Waals surface area contributed by atoms with E-state index in [1.165, 1.54) is 6.42 Å². The number of rotatable bonds is 3. The lowest BCUT2D eigenvalue weighted by Gasteiger charge is -2.23. The van der Waals surface area contributed by atoms with Crippen molar-refractivity contribution in [3.63, 3.8) is 0 Å². The minimum absolute atomic E-state index is 0.163. The number of carbonyl (C=O) groups excluding carboxylic acids is 1. The largest absolute Gasteiger partial charge is 0.462 e. The molecule has 2 aliphatic rings. The summed E-state index contributed by atoms with van der Waals surface area (Å²) in [7, 11) is 0. The SMILES string of the molecule is CCOC(=O)c1c(C2SCCCS2)ccc2c1OCO2. The van der Waals surface area contributed by atoms with Gasteiger partial charge in [0.1, 0.15) is 5.56 Å². The molecule has 1 aromatic carbocycles. The van der Waals surface area contributed by atoms with Crippen molar-refractivity contribution >= 4 is 29.5 Å². The third-order valence-corrected chi connectivity index (χ3v) is 6.11. The molecule has 3 rings (SSSR count). The fourth-order valence-electron chi connectivity index (χ4n) is 2.27. The van der Waals surface area contributed by atoms with Crippen LogP contribution in [0.2, 0.25) is 0 Å². The Bertz CT molecular complexity index is 512. The van der Waals surface area contributed by atoms with E-state index in [0.717, 1.165) is 17.1 Å². The lowest BCUT2D eigenvalue weighted by Crippen LogP contribution is -2.12. The second-order valence-corrected chi connectivity index (χ2v) is 7.14. The van der Waals surface area contributed by atoms with Crippen LogP contribution in [0.4, 0.5) is 0 Å². The quantitative estimate of drug-likeness (QED) is 0.797. The van der Waals surface area contributed by atoms with Crippen LogP contribution < -0.4 is 9.47 Å². The first-order valence-electron chi connectivity index (χ1n) is 6.64. The van der Waals surface area contributed by atoms with Crippen LogP contribution in [-0.2, 0) is 4.74 Å². The lowest BCUT2D eigenvalue weighted by atomic mass is 10.1. The first-order chi connectivity index (χ1) is 9.81. The number of hydrogen-bond donors (Lipinski definition) is 0. The van der Waals surface area contributed by atoms with Crippen molar-refractivity contribution in [3.05, 3.63) is 23.3 Å². The number of hydrogen-bond acceptors (Lipinski definition) is 6. The van der Waals surface area contributed by atoms with E-state index in [1.54, 1.807) is 0 Å². The van der Waals surface area contributed by atoms with Gasteiger partial charge in [0, 0.05) is 0 Å². The molecule has 1 saturated heterocycles. The van der Waals surface area contributed by atoms with Crippen molar-refractivity contribution in [2.24, 2.45) is 0 Å².